The number of aliphatic carboxylic acids is 1. The van der Waals surface area contributed by atoms with E-state index in [0.29, 0.717) is 6.42 Å². The molecule has 0 fully saturated rings. The van der Waals surface area contributed by atoms with E-state index < -0.39 is 17.6 Å². The van der Waals surface area contributed by atoms with Gasteiger partial charge in [0.2, 0.25) is 0 Å². The number of alkyl halides is 1. The first-order valence-corrected chi connectivity index (χ1v) is 10.7. The van der Waals surface area contributed by atoms with Crippen LogP contribution in [-0.2, 0) is 4.79 Å². The fraction of sp³-hybridized carbons (Fsp3) is 0.857. The second kappa shape index (κ2) is 22.5. The summed E-state index contributed by atoms with van der Waals surface area (Å²) in [5.41, 5.74) is -1.12. The van der Waals surface area contributed by atoms with E-state index in [0.717, 1.165) is 12.8 Å². The number of hydrogen-bond donors (Lipinski definition) is 3. The number of aliphatic hydroxyl groups excluding tert-OH is 2. The van der Waals surface area contributed by atoms with Crippen LogP contribution in [0.25, 0.3) is 0 Å². The number of hydrogen-bond acceptors (Lipinski definition) is 3. The zero-order valence-electron chi connectivity index (χ0n) is 16.8. The van der Waals surface area contributed by atoms with Crippen molar-refractivity contribution in [2.75, 3.05) is 0 Å². The maximum atomic E-state index is 10.3. The summed E-state index contributed by atoms with van der Waals surface area (Å²) < 4.78 is 0. The average Bonchev–Trinajstić information content (AvgIpc) is 2.58. The van der Waals surface area contributed by atoms with Crippen molar-refractivity contribution < 1.29 is 20.1 Å². The Kier molecular flexibility index (Phi) is 23.9. The predicted molar refractivity (Wildman–Crippen MR) is 111 cm³/mol. The summed E-state index contributed by atoms with van der Waals surface area (Å²) in [6, 6.07) is 0. The van der Waals surface area contributed by atoms with E-state index in [1.54, 1.807) is 0 Å². The van der Waals surface area contributed by atoms with E-state index >= 15 is 0 Å². The molecule has 0 saturated heterocycles. The molecule has 0 aliphatic carbocycles. The summed E-state index contributed by atoms with van der Waals surface area (Å²) in [6.45, 7) is 3.67. The van der Waals surface area contributed by atoms with Crippen LogP contribution in [0.5, 0.6) is 0 Å². The Hall–Kier alpha value is -0.580. The van der Waals surface area contributed by atoms with Gasteiger partial charge in [0.15, 0.2) is 5.56 Å². The highest BCUT2D eigenvalue weighted by atomic mass is 35.5. The standard InChI is InChI=1S/C18H34O2.C3H7ClO2/c1-2-3-4-5-6-7-8-9-10-11-12-13-14-15-16-17-18(19)20;1-2(5)3(4)6/h9-10H,2-8,11-17H2,1H3,(H,19,20);2-3,5-6H,1H3/b10-9-;. The molecule has 3 N–H and O–H groups in total. The molecule has 2 unspecified atom stereocenters. The van der Waals surface area contributed by atoms with Crippen LogP contribution < -0.4 is 0 Å². The number of halogens is 1. The zero-order chi connectivity index (χ0) is 20.0. The van der Waals surface area contributed by atoms with Crippen LogP contribution >= 0.6 is 11.6 Å². The first kappa shape index (κ1) is 27.6. The lowest BCUT2D eigenvalue weighted by Gasteiger charge is -2.01. The Balaban J connectivity index is 0. The van der Waals surface area contributed by atoms with Crippen LogP contribution in [0.3, 0.4) is 0 Å². The molecule has 0 bridgehead atoms. The van der Waals surface area contributed by atoms with Gasteiger partial charge in [-0.1, -0.05) is 82.0 Å². The Morgan fingerprint density at radius 2 is 1.23 bits per heavy atom. The SMILES string of the molecule is CC(O)C(O)Cl.CCCCCCCC/C=C\CCCCCCCC(=O)O. The first-order chi connectivity index (χ1) is 12.4. The molecule has 0 aromatic heterocycles. The lowest BCUT2D eigenvalue weighted by Crippen LogP contribution is -2.14. The molecule has 0 saturated carbocycles. The van der Waals surface area contributed by atoms with Crippen LogP contribution in [0.2, 0.25) is 0 Å². The Morgan fingerprint density at radius 3 is 1.62 bits per heavy atom. The zero-order valence-corrected chi connectivity index (χ0v) is 17.6. The highest BCUT2D eigenvalue weighted by Gasteiger charge is 2.02. The Morgan fingerprint density at radius 1 is 0.846 bits per heavy atom. The molecule has 0 aromatic carbocycles. The minimum absolute atomic E-state index is 0.332. The van der Waals surface area contributed by atoms with Gasteiger partial charge in [-0.3, -0.25) is 4.79 Å². The third kappa shape index (κ3) is 28.2. The van der Waals surface area contributed by atoms with Crippen molar-refractivity contribution in [3.05, 3.63) is 12.2 Å². The van der Waals surface area contributed by atoms with Gasteiger partial charge in [0.05, 0.1) is 6.10 Å². The van der Waals surface area contributed by atoms with Crippen LogP contribution in [-0.4, -0.2) is 33.0 Å². The Bertz CT molecular complexity index is 311. The second-order valence-corrected chi connectivity index (χ2v) is 7.29. The number of carboxylic acid groups (broad SMARTS) is 1. The molecule has 0 aromatic rings. The molecule has 0 aliphatic heterocycles. The van der Waals surface area contributed by atoms with Gasteiger partial charge in [-0.25, -0.2) is 0 Å². The molecule has 2 atom stereocenters. The fourth-order valence-corrected chi connectivity index (χ4v) is 2.35. The molecule has 0 spiro atoms. The van der Waals surface area contributed by atoms with Crippen LogP contribution in [0.1, 0.15) is 104 Å². The number of carboxylic acids is 1. The summed E-state index contributed by atoms with van der Waals surface area (Å²) >= 11 is 4.92. The molecule has 0 rings (SSSR count). The van der Waals surface area contributed by atoms with Crippen molar-refractivity contribution in [1.29, 1.82) is 0 Å². The summed E-state index contributed by atoms with van der Waals surface area (Å²) in [4.78, 5) is 10.3. The highest BCUT2D eigenvalue weighted by Crippen LogP contribution is 2.09. The van der Waals surface area contributed by atoms with Gasteiger partial charge in [0.25, 0.3) is 0 Å². The van der Waals surface area contributed by atoms with Crippen molar-refractivity contribution >= 4 is 17.6 Å². The lowest BCUT2D eigenvalue weighted by molar-refractivity contribution is -0.137. The van der Waals surface area contributed by atoms with Crippen molar-refractivity contribution in [2.24, 2.45) is 0 Å². The van der Waals surface area contributed by atoms with Crippen LogP contribution in [0, 0.1) is 0 Å². The number of unbranched alkanes of at least 4 members (excludes halogenated alkanes) is 11. The van der Waals surface area contributed by atoms with Gasteiger partial charge >= 0.3 is 5.97 Å². The summed E-state index contributed by atoms with van der Waals surface area (Å²) in [7, 11) is 0. The molecule has 0 radical (unpaired) electrons. The van der Waals surface area contributed by atoms with Crippen molar-refractivity contribution in [2.45, 2.75) is 115 Å². The van der Waals surface area contributed by atoms with Crippen molar-refractivity contribution in [3.63, 3.8) is 0 Å². The maximum Gasteiger partial charge on any atom is 0.303 e. The maximum absolute atomic E-state index is 10.3. The first-order valence-electron chi connectivity index (χ1n) is 10.3. The largest absolute Gasteiger partial charge is 0.481 e. The lowest BCUT2D eigenvalue weighted by atomic mass is 10.1. The van der Waals surface area contributed by atoms with Gasteiger partial charge < -0.3 is 15.3 Å². The number of aliphatic hydroxyl groups is 2. The van der Waals surface area contributed by atoms with Gasteiger partial charge in [-0.15, -0.1) is 0 Å². The van der Waals surface area contributed by atoms with E-state index in [9.17, 15) is 4.79 Å². The van der Waals surface area contributed by atoms with Crippen LogP contribution in [0.4, 0.5) is 0 Å². The third-order valence-electron chi connectivity index (χ3n) is 4.05. The van der Waals surface area contributed by atoms with Crippen molar-refractivity contribution in [3.8, 4) is 0 Å². The van der Waals surface area contributed by atoms with Gasteiger partial charge in [0, 0.05) is 6.42 Å². The van der Waals surface area contributed by atoms with E-state index in [2.05, 4.69) is 19.1 Å². The summed E-state index contributed by atoms with van der Waals surface area (Å²) in [6.07, 6.45) is 20.4. The molecule has 5 heteroatoms. The predicted octanol–water partition coefficient (Wildman–Crippen LogP) is 6.03. The number of allylic oxidation sites excluding steroid dienone is 2. The molecule has 26 heavy (non-hydrogen) atoms. The van der Waals surface area contributed by atoms with E-state index in [-0.39, 0.29) is 0 Å². The molecule has 0 aliphatic rings. The highest BCUT2D eigenvalue weighted by molar-refractivity contribution is 6.19. The summed E-state index contributed by atoms with van der Waals surface area (Å²) in [5.74, 6) is -0.664. The van der Waals surface area contributed by atoms with E-state index in [1.165, 1.54) is 77.6 Å². The van der Waals surface area contributed by atoms with E-state index in [1.807, 2.05) is 0 Å². The fourth-order valence-electron chi connectivity index (χ4n) is 2.35. The summed E-state index contributed by atoms with van der Waals surface area (Å²) in [5, 5.41) is 24.9. The molecular formula is C21H41ClO4. The molecule has 0 amide bonds. The number of carbonyl (C=O) groups is 1. The van der Waals surface area contributed by atoms with Gasteiger partial charge in [-0.2, -0.15) is 0 Å². The molecule has 4 nitrogen and oxygen atoms in total. The van der Waals surface area contributed by atoms with Crippen molar-refractivity contribution in [1.82, 2.24) is 0 Å². The minimum Gasteiger partial charge on any atom is -0.481 e. The van der Waals surface area contributed by atoms with E-state index in [4.69, 9.17) is 26.9 Å². The average molecular weight is 393 g/mol. The monoisotopic (exact) mass is 392 g/mol. The quantitative estimate of drug-likeness (QED) is 0.170. The third-order valence-corrected chi connectivity index (χ3v) is 4.42. The Labute approximate surface area is 165 Å². The van der Waals surface area contributed by atoms with Crippen LogP contribution in [0.15, 0.2) is 12.2 Å². The smallest absolute Gasteiger partial charge is 0.303 e. The van der Waals surface area contributed by atoms with Gasteiger partial charge in [0.1, 0.15) is 0 Å². The molecular weight excluding hydrogens is 352 g/mol. The minimum atomic E-state index is -1.12. The molecule has 0 heterocycles. The molecule has 156 valence electrons. The topological polar surface area (TPSA) is 77.8 Å². The second-order valence-electron chi connectivity index (χ2n) is 6.84. The van der Waals surface area contributed by atoms with Gasteiger partial charge in [-0.05, 0) is 39.0 Å². The number of rotatable bonds is 16. The normalized spacial score (nSPS) is 13.3.